The van der Waals surface area contributed by atoms with Gasteiger partial charge in [-0.3, -0.25) is 4.98 Å². The Hall–Kier alpha value is -1.94. The molecular weight excluding hydrogens is 264 g/mol. The number of esters is 1. The van der Waals surface area contributed by atoms with Crippen molar-refractivity contribution in [2.45, 2.75) is 13.8 Å². The summed E-state index contributed by atoms with van der Waals surface area (Å²) in [6, 6.07) is 6.88. The highest BCUT2D eigenvalue weighted by atomic mass is 35.5. The summed E-state index contributed by atoms with van der Waals surface area (Å²) in [5.41, 5.74) is 1.99. The lowest BCUT2D eigenvalue weighted by molar-refractivity contribution is 0.0601. The van der Waals surface area contributed by atoms with Gasteiger partial charge in [-0.05, 0) is 12.1 Å². The fourth-order valence-electron chi connectivity index (χ4n) is 1.38. The highest BCUT2D eigenvalue weighted by Gasteiger charge is 2.06. The zero-order chi connectivity index (χ0) is 14.3. The number of carbonyl (C=O) groups is 1. The Labute approximate surface area is 117 Å². The molecule has 5 heteroatoms. The molecule has 1 aromatic heterocycles. The van der Waals surface area contributed by atoms with E-state index < -0.39 is 0 Å². The molecule has 0 radical (unpaired) electrons. The molecule has 1 aromatic carbocycles. The van der Waals surface area contributed by atoms with Gasteiger partial charge >= 0.3 is 5.97 Å². The zero-order valence-electron chi connectivity index (χ0n) is 11.1. The molecule has 0 saturated heterocycles. The Bertz CT molecular complexity index is 541. The van der Waals surface area contributed by atoms with Gasteiger partial charge in [0.1, 0.15) is 5.15 Å². The van der Waals surface area contributed by atoms with Crippen LogP contribution in [0.5, 0.6) is 0 Å². The molecule has 0 unspecified atom stereocenters. The van der Waals surface area contributed by atoms with Crippen LogP contribution in [0.15, 0.2) is 36.7 Å². The van der Waals surface area contributed by atoms with Gasteiger partial charge in [-0.2, -0.15) is 0 Å². The molecule has 0 atom stereocenters. The minimum atomic E-state index is -0.367. The van der Waals surface area contributed by atoms with Crippen molar-refractivity contribution in [3.05, 3.63) is 47.4 Å². The molecule has 0 aliphatic carbocycles. The molecule has 100 valence electrons. The molecule has 0 spiro atoms. The van der Waals surface area contributed by atoms with E-state index in [2.05, 4.69) is 14.7 Å². The van der Waals surface area contributed by atoms with Crippen LogP contribution in [0, 0.1) is 0 Å². The van der Waals surface area contributed by atoms with Gasteiger partial charge in [0.2, 0.25) is 0 Å². The Balaban J connectivity index is 0.000000861. The summed E-state index contributed by atoms with van der Waals surface area (Å²) in [5.74, 6) is -0.367. The molecule has 0 amide bonds. The second-order valence-electron chi connectivity index (χ2n) is 3.30. The first-order chi connectivity index (χ1) is 9.20. The van der Waals surface area contributed by atoms with E-state index >= 15 is 0 Å². The van der Waals surface area contributed by atoms with Crippen LogP contribution >= 0.6 is 11.6 Å². The quantitative estimate of drug-likeness (QED) is 0.788. The number of nitrogens with zero attached hydrogens (tertiary/aromatic N) is 2. The standard InChI is InChI=1S/C12H9ClN2O2.C2H6/c1-17-12(16)9-4-2-8(3-5-9)10-6-14-7-11(13)15-10;1-2/h2-7H,1H3;1-2H3. The number of benzene rings is 1. The third kappa shape index (κ3) is 4.03. The summed E-state index contributed by atoms with van der Waals surface area (Å²) in [6.45, 7) is 4.00. The van der Waals surface area contributed by atoms with Gasteiger partial charge in [0, 0.05) is 5.56 Å². The van der Waals surface area contributed by atoms with Gasteiger partial charge < -0.3 is 4.74 Å². The third-order valence-electron chi connectivity index (χ3n) is 2.21. The third-order valence-corrected chi connectivity index (χ3v) is 2.39. The maximum atomic E-state index is 11.2. The molecule has 2 aromatic rings. The van der Waals surface area contributed by atoms with Gasteiger partial charge in [-0.25, -0.2) is 9.78 Å². The predicted molar refractivity (Wildman–Crippen MR) is 75.2 cm³/mol. The normalized spacial score (nSPS) is 9.26. The van der Waals surface area contributed by atoms with Gasteiger partial charge in [0.15, 0.2) is 0 Å². The van der Waals surface area contributed by atoms with E-state index in [0.29, 0.717) is 16.4 Å². The highest BCUT2D eigenvalue weighted by molar-refractivity contribution is 6.29. The number of rotatable bonds is 2. The number of halogens is 1. The van der Waals surface area contributed by atoms with Crippen molar-refractivity contribution < 1.29 is 9.53 Å². The van der Waals surface area contributed by atoms with Crippen LogP contribution in [0.3, 0.4) is 0 Å². The number of ether oxygens (including phenoxy) is 1. The van der Waals surface area contributed by atoms with E-state index in [4.69, 9.17) is 11.6 Å². The van der Waals surface area contributed by atoms with Crippen molar-refractivity contribution >= 4 is 17.6 Å². The van der Waals surface area contributed by atoms with E-state index in [1.54, 1.807) is 30.5 Å². The molecule has 0 saturated carbocycles. The minimum Gasteiger partial charge on any atom is -0.465 e. The molecule has 0 aliphatic heterocycles. The van der Waals surface area contributed by atoms with E-state index in [0.717, 1.165) is 5.56 Å². The SMILES string of the molecule is CC.COC(=O)c1ccc(-c2cncc(Cl)n2)cc1. The van der Waals surface area contributed by atoms with Crippen molar-refractivity contribution in [2.24, 2.45) is 0 Å². The first-order valence-corrected chi connectivity index (χ1v) is 6.25. The van der Waals surface area contributed by atoms with E-state index in [1.165, 1.54) is 13.3 Å². The van der Waals surface area contributed by atoms with Crippen LogP contribution in [0.1, 0.15) is 24.2 Å². The van der Waals surface area contributed by atoms with Crippen LogP contribution < -0.4 is 0 Å². The molecule has 1 heterocycles. The predicted octanol–water partition coefficient (Wildman–Crippen LogP) is 3.61. The van der Waals surface area contributed by atoms with Gasteiger partial charge in [-0.15, -0.1) is 0 Å². The first kappa shape index (κ1) is 15.1. The Morgan fingerprint density at radius 3 is 2.32 bits per heavy atom. The molecule has 2 rings (SSSR count). The lowest BCUT2D eigenvalue weighted by Gasteiger charge is -2.02. The highest BCUT2D eigenvalue weighted by Crippen LogP contribution is 2.18. The zero-order valence-corrected chi connectivity index (χ0v) is 11.8. The van der Waals surface area contributed by atoms with Gasteiger partial charge in [-0.1, -0.05) is 37.6 Å². The first-order valence-electron chi connectivity index (χ1n) is 5.87. The van der Waals surface area contributed by atoms with E-state index in [1.807, 2.05) is 13.8 Å². The number of methoxy groups -OCH3 is 1. The van der Waals surface area contributed by atoms with Crippen molar-refractivity contribution in [2.75, 3.05) is 7.11 Å². The van der Waals surface area contributed by atoms with Crippen molar-refractivity contribution in [3.8, 4) is 11.3 Å². The minimum absolute atomic E-state index is 0.333. The average Bonchev–Trinajstić information content (AvgIpc) is 2.48. The molecule has 0 N–H and O–H groups in total. The maximum absolute atomic E-state index is 11.2. The molecule has 0 aliphatic rings. The van der Waals surface area contributed by atoms with Crippen LogP contribution in [0.25, 0.3) is 11.3 Å². The van der Waals surface area contributed by atoms with Gasteiger partial charge in [0.25, 0.3) is 0 Å². The molecule has 19 heavy (non-hydrogen) atoms. The average molecular weight is 279 g/mol. The lowest BCUT2D eigenvalue weighted by Crippen LogP contribution is -2.00. The van der Waals surface area contributed by atoms with Crippen molar-refractivity contribution in [3.63, 3.8) is 0 Å². The smallest absolute Gasteiger partial charge is 0.337 e. The van der Waals surface area contributed by atoms with E-state index in [-0.39, 0.29) is 5.97 Å². The number of carbonyl (C=O) groups excluding carboxylic acids is 1. The van der Waals surface area contributed by atoms with E-state index in [9.17, 15) is 4.79 Å². The Morgan fingerprint density at radius 1 is 1.16 bits per heavy atom. The lowest BCUT2D eigenvalue weighted by atomic mass is 10.1. The topological polar surface area (TPSA) is 52.1 Å². The number of hydrogen-bond acceptors (Lipinski definition) is 4. The van der Waals surface area contributed by atoms with Crippen LogP contribution in [0.2, 0.25) is 5.15 Å². The fraction of sp³-hybridized carbons (Fsp3) is 0.214. The number of hydrogen-bond donors (Lipinski definition) is 0. The Kier molecular flexibility index (Phi) is 5.96. The summed E-state index contributed by atoms with van der Waals surface area (Å²) in [6.07, 6.45) is 3.08. The largest absolute Gasteiger partial charge is 0.465 e. The van der Waals surface area contributed by atoms with Gasteiger partial charge in [0.05, 0.1) is 30.8 Å². The monoisotopic (exact) mass is 278 g/mol. The van der Waals surface area contributed by atoms with Crippen LogP contribution in [0.4, 0.5) is 0 Å². The number of aromatic nitrogens is 2. The van der Waals surface area contributed by atoms with Crippen LogP contribution in [-0.4, -0.2) is 23.0 Å². The fourth-order valence-corrected chi connectivity index (χ4v) is 1.52. The second kappa shape index (κ2) is 7.48. The molecule has 0 bridgehead atoms. The maximum Gasteiger partial charge on any atom is 0.337 e. The van der Waals surface area contributed by atoms with Crippen molar-refractivity contribution in [1.29, 1.82) is 0 Å². The Morgan fingerprint density at radius 2 is 1.79 bits per heavy atom. The molecule has 4 nitrogen and oxygen atoms in total. The summed E-state index contributed by atoms with van der Waals surface area (Å²) in [4.78, 5) is 19.3. The summed E-state index contributed by atoms with van der Waals surface area (Å²) < 4.78 is 4.61. The summed E-state index contributed by atoms with van der Waals surface area (Å²) >= 11 is 5.75. The van der Waals surface area contributed by atoms with Crippen LogP contribution in [-0.2, 0) is 4.74 Å². The summed E-state index contributed by atoms with van der Waals surface area (Å²) in [7, 11) is 1.35. The molecule has 0 fully saturated rings. The summed E-state index contributed by atoms with van der Waals surface area (Å²) in [5, 5.41) is 0.333. The second-order valence-corrected chi connectivity index (χ2v) is 3.68. The van der Waals surface area contributed by atoms with Crippen molar-refractivity contribution in [1.82, 2.24) is 9.97 Å². The molecular formula is C14H15ClN2O2.